The summed E-state index contributed by atoms with van der Waals surface area (Å²) in [6.07, 6.45) is 3.72. The molecule has 25 heavy (non-hydrogen) atoms. The summed E-state index contributed by atoms with van der Waals surface area (Å²) >= 11 is 0. The highest BCUT2D eigenvalue weighted by molar-refractivity contribution is 5.92. The number of amides is 2. The Morgan fingerprint density at radius 3 is 2.16 bits per heavy atom. The van der Waals surface area contributed by atoms with Crippen molar-refractivity contribution in [2.24, 2.45) is 29.6 Å². The van der Waals surface area contributed by atoms with E-state index in [-0.39, 0.29) is 17.7 Å². The van der Waals surface area contributed by atoms with E-state index in [4.69, 9.17) is 0 Å². The first-order valence-corrected chi connectivity index (χ1v) is 10.0. The van der Waals surface area contributed by atoms with E-state index in [2.05, 4.69) is 46.9 Å². The highest BCUT2D eigenvalue weighted by Crippen LogP contribution is 2.43. The second-order valence-corrected chi connectivity index (χ2v) is 9.56. The van der Waals surface area contributed by atoms with Crippen LogP contribution in [-0.4, -0.2) is 35.8 Å². The van der Waals surface area contributed by atoms with Crippen molar-refractivity contribution in [1.29, 1.82) is 0 Å². The molecule has 0 aliphatic heterocycles. The van der Waals surface area contributed by atoms with Crippen LogP contribution in [0, 0.1) is 29.6 Å². The lowest BCUT2D eigenvalue weighted by Gasteiger charge is -2.35. The number of likely N-dealkylation sites (N-methyl/N-ethyl adjacent to an activating group) is 1. The third kappa shape index (κ3) is 6.99. The van der Waals surface area contributed by atoms with Crippen LogP contribution in [0.25, 0.3) is 0 Å². The molecule has 146 valence electrons. The van der Waals surface area contributed by atoms with Crippen molar-refractivity contribution < 1.29 is 9.59 Å². The molecule has 0 saturated heterocycles. The molecular weight excluding hydrogens is 312 g/mol. The average Bonchev–Trinajstić information content (AvgIpc) is 3.21. The van der Waals surface area contributed by atoms with Crippen molar-refractivity contribution in [2.45, 2.75) is 79.7 Å². The Hall–Kier alpha value is -1.06. The second-order valence-electron chi connectivity index (χ2n) is 9.56. The monoisotopic (exact) mass is 352 g/mol. The van der Waals surface area contributed by atoms with E-state index in [1.165, 1.54) is 0 Å². The molecule has 2 amide bonds. The molecule has 1 saturated carbocycles. The van der Waals surface area contributed by atoms with Gasteiger partial charge in [0, 0.05) is 19.5 Å². The van der Waals surface area contributed by atoms with E-state index in [9.17, 15) is 9.59 Å². The van der Waals surface area contributed by atoms with E-state index in [1.807, 2.05) is 14.0 Å². The number of carbonyl (C=O) groups excluding carboxylic acids is 2. The largest absolute Gasteiger partial charge is 0.344 e. The van der Waals surface area contributed by atoms with Crippen molar-refractivity contribution in [1.82, 2.24) is 10.2 Å². The van der Waals surface area contributed by atoms with Crippen molar-refractivity contribution >= 4 is 11.8 Å². The fourth-order valence-corrected chi connectivity index (χ4v) is 3.78. The van der Waals surface area contributed by atoms with Crippen molar-refractivity contribution in [3.63, 3.8) is 0 Å². The zero-order chi connectivity index (χ0) is 19.4. The van der Waals surface area contributed by atoms with Crippen LogP contribution >= 0.6 is 0 Å². The van der Waals surface area contributed by atoms with Crippen LogP contribution in [0.3, 0.4) is 0 Å². The number of nitrogens with one attached hydrogen (secondary N) is 1. The minimum absolute atomic E-state index is 0.0382. The highest BCUT2D eigenvalue weighted by Gasteiger charge is 2.46. The van der Waals surface area contributed by atoms with Gasteiger partial charge in [0.1, 0.15) is 5.54 Å². The van der Waals surface area contributed by atoms with Gasteiger partial charge in [0.05, 0.1) is 0 Å². The van der Waals surface area contributed by atoms with E-state index in [1.54, 1.807) is 4.90 Å². The van der Waals surface area contributed by atoms with E-state index in [0.29, 0.717) is 30.1 Å². The molecule has 3 atom stereocenters. The van der Waals surface area contributed by atoms with E-state index < -0.39 is 5.54 Å². The van der Waals surface area contributed by atoms with E-state index in [0.717, 1.165) is 25.8 Å². The maximum Gasteiger partial charge on any atom is 0.247 e. The molecule has 0 aromatic heterocycles. The zero-order valence-electron chi connectivity index (χ0n) is 17.7. The summed E-state index contributed by atoms with van der Waals surface area (Å²) in [4.78, 5) is 27.6. The maximum atomic E-state index is 13.1. The van der Waals surface area contributed by atoms with Crippen LogP contribution in [0.1, 0.15) is 74.1 Å². The minimum Gasteiger partial charge on any atom is -0.344 e. The Balaban J connectivity index is 2.74. The minimum atomic E-state index is -0.804. The van der Waals surface area contributed by atoms with E-state index >= 15 is 0 Å². The second kappa shape index (κ2) is 9.05. The fourth-order valence-electron chi connectivity index (χ4n) is 3.78. The van der Waals surface area contributed by atoms with Gasteiger partial charge in [-0.1, -0.05) is 41.5 Å². The molecule has 1 fully saturated rings. The molecule has 1 N–H and O–H groups in total. The lowest BCUT2D eigenvalue weighted by Crippen LogP contribution is -2.58. The molecule has 0 spiro atoms. The van der Waals surface area contributed by atoms with Gasteiger partial charge in [-0.05, 0) is 56.3 Å². The van der Waals surface area contributed by atoms with Gasteiger partial charge < -0.3 is 10.2 Å². The van der Waals surface area contributed by atoms with Gasteiger partial charge in [0.2, 0.25) is 11.8 Å². The number of nitrogens with zero attached hydrogens (tertiary/aromatic N) is 1. The molecule has 1 aliphatic rings. The molecule has 0 heterocycles. The molecule has 0 bridgehead atoms. The summed E-state index contributed by atoms with van der Waals surface area (Å²) in [5.74, 6) is 2.23. The predicted octanol–water partition coefficient (Wildman–Crippen LogP) is 4.09. The van der Waals surface area contributed by atoms with Gasteiger partial charge in [-0.2, -0.15) is 0 Å². The first kappa shape index (κ1) is 22.0. The Kier molecular flexibility index (Phi) is 7.95. The van der Waals surface area contributed by atoms with Gasteiger partial charge in [-0.25, -0.2) is 0 Å². The van der Waals surface area contributed by atoms with Crippen LogP contribution in [0.15, 0.2) is 0 Å². The third-order valence-electron chi connectivity index (χ3n) is 5.11. The predicted molar refractivity (Wildman–Crippen MR) is 104 cm³/mol. The molecule has 0 aromatic rings. The number of hydrogen-bond acceptors (Lipinski definition) is 2. The van der Waals surface area contributed by atoms with Crippen LogP contribution < -0.4 is 5.32 Å². The number of hydrogen-bond donors (Lipinski definition) is 1. The number of carbonyl (C=O) groups is 2. The summed E-state index contributed by atoms with van der Waals surface area (Å²) < 4.78 is 0. The summed E-state index contributed by atoms with van der Waals surface area (Å²) in [6.45, 7) is 15.6. The summed E-state index contributed by atoms with van der Waals surface area (Å²) in [6, 6.07) is 0. The molecule has 4 nitrogen and oxygen atoms in total. The summed E-state index contributed by atoms with van der Waals surface area (Å²) in [7, 11) is 1.86. The first-order valence-electron chi connectivity index (χ1n) is 10.0. The molecule has 0 radical (unpaired) electrons. The van der Waals surface area contributed by atoms with Gasteiger partial charge in [-0.15, -0.1) is 0 Å². The van der Waals surface area contributed by atoms with Crippen molar-refractivity contribution in [2.75, 3.05) is 13.6 Å². The lowest BCUT2D eigenvalue weighted by molar-refractivity contribution is -0.141. The van der Waals surface area contributed by atoms with Gasteiger partial charge in [-0.3, -0.25) is 9.59 Å². The van der Waals surface area contributed by atoms with Crippen LogP contribution in [0.4, 0.5) is 0 Å². The zero-order valence-corrected chi connectivity index (χ0v) is 17.7. The molecular formula is C21H40N2O2. The van der Waals surface area contributed by atoms with Crippen LogP contribution in [0.2, 0.25) is 0 Å². The lowest BCUT2D eigenvalue weighted by atomic mass is 9.88. The third-order valence-corrected chi connectivity index (χ3v) is 5.11. The Labute approximate surface area is 155 Å². The summed E-state index contributed by atoms with van der Waals surface area (Å²) in [5, 5.41) is 3.13. The topological polar surface area (TPSA) is 49.4 Å². The molecule has 2 unspecified atom stereocenters. The first-order chi connectivity index (χ1) is 11.5. The van der Waals surface area contributed by atoms with Crippen molar-refractivity contribution in [3.8, 4) is 0 Å². The van der Waals surface area contributed by atoms with Gasteiger partial charge >= 0.3 is 0 Å². The Morgan fingerprint density at radius 2 is 1.68 bits per heavy atom. The SMILES string of the molecule is CC(C)CCN(C)C(=O)C(C)(CC(C)C)NC(=O)[C@H]1CC1CC(C)C. The van der Waals surface area contributed by atoms with Crippen molar-refractivity contribution in [3.05, 3.63) is 0 Å². The fraction of sp³-hybridized carbons (Fsp3) is 0.905. The normalized spacial score (nSPS) is 22.2. The summed E-state index contributed by atoms with van der Waals surface area (Å²) in [5.41, 5.74) is -0.804. The van der Waals surface area contributed by atoms with Crippen LogP contribution in [0.5, 0.6) is 0 Å². The molecule has 4 heteroatoms. The molecule has 0 aromatic carbocycles. The Morgan fingerprint density at radius 1 is 1.08 bits per heavy atom. The molecule has 1 rings (SSSR count). The quantitative estimate of drug-likeness (QED) is 0.643. The average molecular weight is 353 g/mol. The Bertz CT molecular complexity index is 459. The standard InChI is InChI=1S/C21H40N2O2/c1-14(2)9-10-23(8)20(25)21(7,13-16(5)6)22-19(24)18-12-17(18)11-15(3)4/h14-18H,9-13H2,1-8H3,(H,22,24)/t17?,18-,21?/m0/s1. The molecule has 1 aliphatic carbocycles. The maximum absolute atomic E-state index is 13.1. The number of rotatable bonds is 10. The highest BCUT2D eigenvalue weighted by atomic mass is 16.2. The smallest absolute Gasteiger partial charge is 0.247 e. The van der Waals surface area contributed by atoms with Crippen LogP contribution in [-0.2, 0) is 9.59 Å². The van der Waals surface area contributed by atoms with Gasteiger partial charge in [0.15, 0.2) is 0 Å². The van der Waals surface area contributed by atoms with Gasteiger partial charge in [0.25, 0.3) is 0 Å².